The first-order valence-electron chi connectivity index (χ1n) is 8.82. The number of nitro groups is 1. The monoisotopic (exact) mass is 420 g/mol. The van der Waals surface area contributed by atoms with Crippen molar-refractivity contribution < 1.29 is 18.9 Å². The summed E-state index contributed by atoms with van der Waals surface area (Å²) in [6, 6.07) is 19.1. The summed E-state index contributed by atoms with van der Waals surface area (Å²) >= 11 is 5.82. The molecule has 8 heteroatoms. The van der Waals surface area contributed by atoms with Crippen LogP contribution in [-0.4, -0.2) is 16.6 Å². The fourth-order valence-electron chi connectivity index (χ4n) is 3.03. The Kier molecular flexibility index (Phi) is 5.04. The van der Waals surface area contributed by atoms with Gasteiger partial charge in [-0.1, -0.05) is 54.1 Å². The molecule has 30 heavy (non-hydrogen) atoms. The summed E-state index contributed by atoms with van der Waals surface area (Å²) in [7, 11) is 0. The number of ketones is 1. The van der Waals surface area contributed by atoms with E-state index in [1.54, 1.807) is 54.6 Å². The fourth-order valence-corrected chi connectivity index (χ4v) is 3.22. The second-order valence-corrected chi connectivity index (χ2v) is 6.78. The van der Waals surface area contributed by atoms with Crippen LogP contribution >= 0.6 is 11.6 Å². The molecule has 0 unspecified atom stereocenters. The highest BCUT2D eigenvalue weighted by Crippen LogP contribution is 2.33. The molecule has 0 aliphatic carbocycles. The van der Waals surface area contributed by atoms with E-state index in [9.17, 15) is 19.7 Å². The standard InChI is InChI=1S/C22H13ClN2O5/c23-16-11-10-14(12-17(16)25(28)29)22(27)24-19-15-8-4-5-9-18(15)30-21(19)20(26)13-6-2-1-3-7-13/h1-12H,(H,24,27). The number of halogens is 1. The SMILES string of the molecule is O=C(Nc1c(C(=O)c2ccccc2)oc2ccccc12)c1ccc(Cl)c([N+](=O)[O-])c1. The van der Waals surface area contributed by atoms with Crippen LogP contribution in [0.15, 0.2) is 77.2 Å². The lowest BCUT2D eigenvalue weighted by Crippen LogP contribution is -2.14. The molecule has 1 N–H and O–H groups in total. The van der Waals surface area contributed by atoms with Crippen LogP contribution < -0.4 is 5.32 Å². The summed E-state index contributed by atoms with van der Waals surface area (Å²) in [6.45, 7) is 0. The number of nitro benzene ring substituents is 1. The molecule has 148 valence electrons. The summed E-state index contributed by atoms with van der Waals surface area (Å²) < 4.78 is 5.74. The van der Waals surface area contributed by atoms with Crippen molar-refractivity contribution in [3.63, 3.8) is 0 Å². The number of nitrogens with zero attached hydrogens (tertiary/aromatic N) is 1. The summed E-state index contributed by atoms with van der Waals surface area (Å²) in [6.07, 6.45) is 0. The van der Waals surface area contributed by atoms with E-state index in [4.69, 9.17) is 16.0 Å². The first kappa shape index (κ1) is 19.4. The molecule has 7 nitrogen and oxygen atoms in total. The van der Waals surface area contributed by atoms with Crippen LogP contribution in [0, 0.1) is 10.1 Å². The van der Waals surface area contributed by atoms with E-state index in [0.717, 1.165) is 6.07 Å². The van der Waals surface area contributed by atoms with Crippen molar-refractivity contribution >= 4 is 45.6 Å². The van der Waals surface area contributed by atoms with Gasteiger partial charge in [0, 0.05) is 22.6 Å². The van der Waals surface area contributed by atoms with Gasteiger partial charge >= 0.3 is 0 Å². The Balaban J connectivity index is 1.77. The zero-order valence-corrected chi connectivity index (χ0v) is 16.1. The highest BCUT2D eigenvalue weighted by molar-refractivity contribution is 6.32. The number of carbonyl (C=O) groups is 2. The third-order valence-corrected chi connectivity index (χ3v) is 4.80. The third-order valence-electron chi connectivity index (χ3n) is 4.48. The minimum absolute atomic E-state index is 0.0227. The van der Waals surface area contributed by atoms with Gasteiger partial charge in [-0.15, -0.1) is 0 Å². The van der Waals surface area contributed by atoms with Gasteiger partial charge in [-0.3, -0.25) is 19.7 Å². The molecular formula is C22H13ClN2O5. The zero-order chi connectivity index (χ0) is 21.3. The highest BCUT2D eigenvalue weighted by Gasteiger charge is 2.24. The van der Waals surface area contributed by atoms with Crippen LogP contribution in [0.4, 0.5) is 11.4 Å². The number of furan rings is 1. The summed E-state index contributed by atoms with van der Waals surface area (Å²) in [5.41, 5.74) is 0.654. The normalized spacial score (nSPS) is 10.7. The van der Waals surface area contributed by atoms with Crippen molar-refractivity contribution in [2.75, 3.05) is 5.32 Å². The molecule has 1 heterocycles. The van der Waals surface area contributed by atoms with Crippen molar-refractivity contribution in [2.24, 2.45) is 0 Å². The number of amides is 1. The first-order chi connectivity index (χ1) is 14.5. The average molecular weight is 421 g/mol. The van der Waals surface area contributed by atoms with E-state index < -0.39 is 16.6 Å². The molecule has 4 rings (SSSR count). The number of nitrogens with one attached hydrogen (secondary N) is 1. The number of fused-ring (bicyclic) bond motifs is 1. The Labute approximate surface area is 175 Å². The van der Waals surface area contributed by atoms with Crippen LogP contribution in [0.3, 0.4) is 0 Å². The maximum atomic E-state index is 13.0. The lowest BCUT2D eigenvalue weighted by Gasteiger charge is -2.07. The molecule has 0 atom stereocenters. The minimum atomic E-state index is -0.670. The predicted octanol–water partition coefficient (Wildman–Crippen LogP) is 5.48. The number of carbonyl (C=O) groups excluding carboxylic acids is 2. The van der Waals surface area contributed by atoms with Gasteiger partial charge in [0.1, 0.15) is 10.6 Å². The highest BCUT2D eigenvalue weighted by atomic mass is 35.5. The zero-order valence-electron chi connectivity index (χ0n) is 15.3. The van der Waals surface area contributed by atoms with E-state index >= 15 is 0 Å². The van der Waals surface area contributed by atoms with Gasteiger partial charge in [0.2, 0.25) is 5.78 Å². The molecule has 0 saturated heterocycles. The Morgan fingerprint density at radius 1 is 0.933 bits per heavy atom. The van der Waals surface area contributed by atoms with Gasteiger partial charge in [0.25, 0.3) is 11.6 Å². The van der Waals surface area contributed by atoms with E-state index in [1.807, 2.05) is 0 Å². The first-order valence-corrected chi connectivity index (χ1v) is 9.20. The van der Waals surface area contributed by atoms with Crippen molar-refractivity contribution in [2.45, 2.75) is 0 Å². The molecule has 4 aromatic rings. The molecule has 0 aliphatic heterocycles. The number of hydrogen-bond donors (Lipinski definition) is 1. The minimum Gasteiger partial charge on any atom is -0.450 e. The Morgan fingerprint density at radius 3 is 2.37 bits per heavy atom. The predicted molar refractivity (Wildman–Crippen MR) is 112 cm³/mol. The van der Waals surface area contributed by atoms with Crippen molar-refractivity contribution in [1.29, 1.82) is 0 Å². The number of anilines is 1. The quantitative estimate of drug-likeness (QED) is 0.261. The fraction of sp³-hybridized carbons (Fsp3) is 0. The van der Waals surface area contributed by atoms with Crippen LogP contribution in [0.25, 0.3) is 11.0 Å². The molecule has 0 spiro atoms. The molecule has 1 aromatic heterocycles. The Hall–Kier alpha value is -3.97. The lowest BCUT2D eigenvalue weighted by molar-refractivity contribution is -0.384. The average Bonchev–Trinajstić information content (AvgIpc) is 3.12. The summed E-state index contributed by atoms with van der Waals surface area (Å²) in [5, 5.41) is 14.2. The number of hydrogen-bond acceptors (Lipinski definition) is 5. The molecule has 0 fully saturated rings. The topological polar surface area (TPSA) is 102 Å². The maximum Gasteiger partial charge on any atom is 0.288 e. The lowest BCUT2D eigenvalue weighted by atomic mass is 10.1. The molecule has 3 aromatic carbocycles. The molecule has 1 amide bonds. The van der Waals surface area contributed by atoms with E-state index in [0.29, 0.717) is 16.5 Å². The smallest absolute Gasteiger partial charge is 0.288 e. The van der Waals surface area contributed by atoms with Gasteiger partial charge in [-0.05, 0) is 24.3 Å². The van der Waals surface area contributed by atoms with Crippen molar-refractivity contribution in [3.05, 3.63) is 105 Å². The Morgan fingerprint density at radius 2 is 1.63 bits per heavy atom. The van der Waals surface area contributed by atoms with E-state index in [1.165, 1.54) is 12.1 Å². The number of para-hydroxylation sites is 1. The second-order valence-electron chi connectivity index (χ2n) is 6.37. The number of benzene rings is 3. The van der Waals surface area contributed by atoms with Crippen LogP contribution in [0.2, 0.25) is 5.02 Å². The summed E-state index contributed by atoms with van der Waals surface area (Å²) in [5.74, 6) is -1.06. The van der Waals surface area contributed by atoms with Gasteiger partial charge in [0.15, 0.2) is 5.76 Å². The Bertz CT molecular complexity index is 1300. The molecule has 0 bridgehead atoms. The number of rotatable bonds is 5. The van der Waals surface area contributed by atoms with E-state index in [2.05, 4.69) is 5.32 Å². The van der Waals surface area contributed by atoms with Crippen LogP contribution in [0.5, 0.6) is 0 Å². The van der Waals surface area contributed by atoms with Crippen molar-refractivity contribution in [1.82, 2.24) is 0 Å². The molecular weight excluding hydrogens is 408 g/mol. The van der Waals surface area contributed by atoms with Gasteiger partial charge in [-0.25, -0.2) is 0 Å². The molecule has 0 saturated carbocycles. The van der Waals surface area contributed by atoms with E-state index in [-0.39, 0.29) is 27.7 Å². The second kappa shape index (κ2) is 7.81. The largest absolute Gasteiger partial charge is 0.450 e. The van der Waals surface area contributed by atoms with Gasteiger partial charge in [-0.2, -0.15) is 0 Å². The molecule has 0 radical (unpaired) electrons. The van der Waals surface area contributed by atoms with Crippen molar-refractivity contribution in [3.8, 4) is 0 Å². The van der Waals surface area contributed by atoms with Gasteiger partial charge in [0.05, 0.1) is 10.6 Å². The third kappa shape index (κ3) is 3.54. The molecule has 0 aliphatic rings. The van der Waals surface area contributed by atoms with Crippen LogP contribution in [0.1, 0.15) is 26.5 Å². The van der Waals surface area contributed by atoms with Gasteiger partial charge < -0.3 is 9.73 Å². The summed E-state index contributed by atoms with van der Waals surface area (Å²) in [4.78, 5) is 36.3. The van der Waals surface area contributed by atoms with Crippen LogP contribution in [-0.2, 0) is 0 Å². The maximum absolute atomic E-state index is 13.0.